The lowest BCUT2D eigenvalue weighted by molar-refractivity contribution is 0.282. The van der Waals surface area contributed by atoms with Crippen LogP contribution in [0, 0.1) is 5.92 Å². The molecule has 0 saturated heterocycles. The van der Waals surface area contributed by atoms with Crippen LogP contribution in [0.4, 0.5) is 0 Å². The zero-order valence-electron chi connectivity index (χ0n) is 11.3. The molecule has 0 fully saturated rings. The first-order valence-corrected chi connectivity index (χ1v) is 7.12. The average molecular weight is 229 g/mol. The molecule has 0 aromatic rings. The first kappa shape index (κ1) is 15.9. The summed E-state index contributed by atoms with van der Waals surface area (Å²) in [5.41, 5.74) is 0. The van der Waals surface area contributed by atoms with Crippen molar-refractivity contribution in [2.45, 2.75) is 65.2 Å². The molecule has 98 valence electrons. The summed E-state index contributed by atoms with van der Waals surface area (Å²) in [7, 11) is 0. The third-order valence-corrected chi connectivity index (χ3v) is 3.13. The zero-order chi connectivity index (χ0) is 12.1. The topological polar surface area (TPSA) is 32.3 Å². The Bertz CT molecular complexity index is 128. The van der Waals surface area contributed by atoms with Gasteiger partial charge in [0.25, 0.3) is 0 Å². The van der Waals surface area contributed by atoms with Gasteiger partial charge in [0.1, 0.15) is 0 Å². The zero-order valence-corrected chi connectivity index (χ0v) is 11.3. The van der Waals surface area contributed by atoms with E-state index in [0.29, 0.717) is 6.61 Å². The molecule has 2 nitrogen and oxygen atoms in total. The summed E-state index contributed by atoms with van der Waals surface area (Å²) < 4.78 is 0. The van der Waals surface area contributed by atoms with Gasteiger partial charge in [0.15, 0.2) is 0 Å². The Labute approximate surface area is 102 Å². The maximum absolute atomic E-state index is 8.62. The number of aliphatic hydroxyl groups excluding tert-OH is 1. The number of nitrogens with one attached hydrogen (secondary N) is 1. The summed E-state index contributed by atoms with van der Waals surface area (Å²) in [4.78, 5) is 0. The van der Waals surface area contributed by atoms with Crippen LogP contribution in [-0.4, -0.2) is 24.8 Å². The Kier molecular flexibility index (Phi) is 12.9. The van der Waals surface area contributed by atoms with E-state index in [4.69, 9.17) is 5.11 Å². The van der Waals surface area contributed by atoms with Gasteiger partial charge in [0.05, 0.1) is 0 Å². The van der Waals surface area contributed by atoms with Gasteiger partial charge in [0, 0.05) is 6.61 Å². The highest BCUT2D eigenvalue weighted by atomic mass is 16.2. The molecule has 0 heterocycles. The summed E-state index contributed by atoms with van der Waals surface area (Å²) >= 11 is 0. The normalized spacial score (nSPS) is 12.9. The molecule has 0 radical (unpaired) electrons. The lowest BCUT2D eigenvalue weighted by atomic mass is 10.0. The number of hydrogen-bond donors (Lipinski definition) is 2. The first-order chi connectivity index (χ1) is 7.81. The molecule has 0 rings (SSSR count). The van der Waals surface area contributed by atoms with Crippen LogP contribution in [-0.2, 0) is 0 Å². The van der Waals surface area contributed by atoms with E-state index in [1.807, 2.05) is 0 Å². The average Bonchev–Trinajstić information content (AvgIpc) is 2.30. The van der Waals surface area contributed by atoms with Gasteiger partial charge < -0.3 is 10.4 Å². The predicted molar refractivity (Wildman–Crippen MR) is 71.7 cm³/mol. The van der Waals surface area contributed by atoms with Gasteiger partial charge in [-0.25, -0.2) is 0 Å². The molecular weight excluding hydrogens is 198 g/mol. The Balaban J connectivity index is 3.02. The molecule has 2 N–H and O–H groups in total. The van der Waals surface area contributed by atoms with E-state index in [0.717, 1.165) is 18.9 Å². The van der Waals surface area contributed by atoms with E-state index in [1.165, 1.54) is 51.5 Å². The Morgan fingerprint density at radius 3 is 2.38 bits per heavy atom. The summed E-state index contributed by atoms with van der Waals surface area (Å²) in [5, 5.41) is 12.1. The standard InChI is InChI=1S/C14H31NO/c1-3-4-9-14(2)10-12-15-11-7-5-6-8-13-16/h14-16H,3-13H2,1-2H3. The lowest BCUT2D eigenvalue weighted by Gasteiger charge is -2.11. The third kappa shape index (κ3) is 12.0. The molecular formula is C14H31NO. The molecule has 2 heteroatoms. The van der Waals surface area contributed by atoms with Crippen molar-refractivity contribution in [1.29, 1.82) is 0 Å². The van der Waals surface area contributed by atoms with Crippen LogP contribution in [0.2, 0.25) is 0 Å². The molecule has 0 aromatic heterocycles. The maximum atomic E-state index is 8.62. The quantitative estimate of drug-likeness (QED) is 0.503. The molecule has 1 unspecified atom stereocenters. The maximum Gasteiger partial charge on any atom is 0.0431 e. The second-order valence-corrected chi connectivity index (χ2v) is 4.92. The molecule has 0 aromatic carbocycles. The van der Waals surface area contributed by atoms with Gasteiger partial charge in [-0.15, -0.1) is 0 Å². The van der Waals surface area contributed by atoms with Gasteiger partial charge in [-0.2, -0.15) is 0 Å². The first-order valence-electron chi connectivity index (χ1n) is 7.12. The van der Waals surface area contributed by atoms with E-state index >= 15 is 0 Å². The predicted octanol–water partition coefficient (Wildman–Crippen LogP) is 3.35. The van der Waals surface area contributed by atoms with Crippen LogP contribution in [0.3, 0.4) is 0 Å². The van der Waals surface area contributed by atoms with Gasteiger partial charge in [0.2, 0.25) is 0 Å². The van der Waals surface area contributed by atoms with E-state index in [9.17, 15) is 0 Å². The minimum atomic E-state index is 0.350. The monoisotopic (exact) mass is 229 g/mol. The fourth-order valence-corrected chi connectivity index (χ4v) is 1.89. The third-order valence-electron chi connectivity index (χ3n) is 3.13. The SMILES string of the molecule is CCCCC(C)CCNCCCCCCO. The summed E-state index contributed by atoms with van der Waals surface area (Å²) in [6, 6.07) is 0. The van der Waals surface area contributed by atoms with Crippen LogP contribution in [0.25, 0.3) is 0 Å². The number of unbranched alkanes of at least 4 members (excludes halogenated alkanes) is 4. The number of aliphatic hydroxyl groups is 1. The van der Waals surface area contributed by atoms with E-state index in [1.54, 1.807) is 0 Å². The van der Waals surface area contributed by atoms with Gasteiger partial charge in [-0.3, -0.25) is 0 Å². The Hall–Kier alpha value is -0.0800. The summed E-state index contributed by atoms with van der Waals surface area (Å²) in [5.74, 6) is 0.877. The van der Waals surface area contributed by atoms with E-state index < -0.39 is 0 Å². The molecule has 0 aliphatic heterocycles. The van der Waals surface area contributed by atoms with E-state index in [-0.39, 0.29) is 0 Å². The highest BCUT2D eigenvalue weighted by Crippen LogP contribution is 2.10. The fraction of sp³-hybridized carbons (Fsp3) is 1.00. The van der Waals surface area contributed by atoms with Crippen LogP contribution in [0.1, 0.15) is 65.2 Å². The van der Waals surface area contributed by atoms with Crippen molar-refractivity contribution >= 4 is 0 Å². The summed E-state index contributed by atoms with van der Waals surface area (Å²) in [6.07, 6.45) is 10.0. The van der Waals surface area contributed by atoms with Crippen molar-refractivity contribution in [1.82, 2.24) is 5.32 Å². The second kappa shape index (κ2) is 13.0. The van der Waals surface area contributed by atoms with Crippen LogP contribution in [0.15, 0.2) is 0 Å². The molecule has 0 aliphatic carbocycles. The number of hydrogen-bond acceptors (Lipinski definition) is 2. The molecule has 0 aliphatic rings. The molecule has 16 heavy (non-hydrogen) atoms. The Morgan fingerprint density at radius 2 is 1.69 bits per heavy atom. The lowest BCUT2D eigenvalue weighted by Crippen LogP contribution is -2.18. The highest BCUT2D eigenvalue weighted by Gasteiger charge is 2.00. The van der Waals surface area contributed by atoms with Crippen molar-refractivity contribution in [3.8, 4) is 0 Å². The highest BCUT2D eigenvalue weighted by molar-refractivity contribution is 4.56. The van der Waals surface area contributed by atoms with Crippen LogP contribution >= 0.6 is 0 Å². The smallest absolute Gasteiger partial charge is 0.0431 e. The largest absolute Gasteiger partial charge is 0.396 e. The molecule has 0 amide bonds. The van der Waals surface area contributed by atoms with Gasteiger partial charge in [-0.05, 0) is 38.3 Å². The minimum Gasteiger partial charge on any atom is -0.396 e. The molecule has 1 atom stereocenters. The molecule has 0 spiro atoms. The number of rotatable bonds is 12. The van der Waals surface area contributed by atoms with Crippen molar-refractivity contribution in [2.75, 3.05) is 19.7 Å². The van der Waals surface area contributed by atoms with Crippen molar-refractivity contribution in [3.05, 3.63) is 0 Å². The van der Waals surface area contributed by atoms with Gasteiger partial charge >= 0.3 is 0 Å². The molecule has 0 bridgehead atoms. The summed E-state index contributed by atoms with van der Waals surface area (Å²) in [6.45, 7) is 7.29. The minimum absolute atomic E-state index is 0.350. The Morgan fingerprint density at radius 1 is 0.938 bits per heavy atom. The van der Waals surface area contributed by atoms with Crippen molar-refractivity contribution in [3.63, 3.8) is 0 Å². The molecule has 0 saturated carbocycles. The van der Waals surface area contributed by atoms with Crippen molar-refractivity contribution in [2.24, 2.45) is 5.92 Å². The fourth-order valence-electron chi connectivity index (χ4n) is 1.89. The van der Waals surface area contributed by atoms with Crippen LogP contribution in [0.5, 0.6) is 0 Å². The van der Waals surface area contributed by atoms with Crippen LogP contribution < -0.4 is 5.32 Å². The van der Waals surface area contributed by atoms with E-state index in [2.05, 4.69) is 19.2 Å². The van der Waals surface area contributed by atoms with Crippen molar-refractivity contribution < 1.29 is 5.11 Å². The second-order valence-electron chi connectivity index (χ2n) is 4.92. The van der Waals surface area contributed by atoms with Gasteiger partial charge in [-0.1, -0.05) is 46.0 Å².